The molecule has 0 spiro atoms. The number of rotatable bonds is 0. The average Bonchev–Trinajstić information content (AvgIpc) is 0. The van der Waals surface area contributed by atoms with Crippen LogP contribution in [0.25, 0.3) is 0 Å². The van der Waals surface area contributed by atoms with E-state index in [0.29, 0.717) is 0 Å². The summed E-state index contributed by atoms with van der Waals surface area (Å²) in [5, 5.41) is 0. The van der Waals surface area contributed by atoms with Gasteiger partial charge in [0.2, 0.25) is 0 Å². The van der Waals surface area contributed by atoms with Gasteiger partial charge in [-0.15, -0.1) is 0 Å². The summed E-state index contributed by atoms with van der Waals surface area (Å²) in [5.74, 6) is 0. The van der Waals surface area contributed by atoms with Gasteiger partial charge in [0.05, 0.1) is 0 Å². The van der Waals surface area contributed by atoms with E-state index >= 15 is 0 Å². The Kier molecular flexibility index (Phi) is 598. The van der Waals surface area contributed by atoms with E-state index < -0.39 is 0 Å². The zero-order valence-electron chi connectivity index (χ0n) is 2.56. The van der Waals surface area contributed by atoms with E-state index in [2.05, 4.69) is 0 Å². The molecule has 0 aromatic carbocycles. The fourth-order valence-corrected chi connectivity index (χ4v) is 0. The summed E-state index contributed by atoms with van der Waals surface area (Å²) in [5.41, 5.74) is 0. The van der Waals surface area contributed by atoms with Crippen LogP contribution in [0.15, 0.2) is 0 Å². The molecule has 0 aromatic heterocycles. The Balaban J connectivity index is 0. The second kappa shape index (κ2) is 41.7. The van der Waals surface area contributed by atoms with Crippen LogP contribution in [0, 0.1) is 0 Å². The van der Waals surface area contributed by atoms with Crippen molar-refractivity contribution in [2.75, 3.05) is 0 Å². The fourth-order valence-electron chi connectivity index (χ4n) is 0. The zero-order valence-corrected chi connectivity index (χ0v) is 8.19. The maximum absolute atomic E-state index is 0. The second-order valence-corrected chi connectivity index (χ2v) is 0. The van der Waals surface area contributed by atoms with Gasteiger partial charge in [-0.05, 0) is 0 Å². The van der Waals surface area contributed by atoms with E-state index in [1.807, 2.05) is 0 Å². The summed E-state index contributed by atoms with van der Waals surface area (Å²) < 4.78 is 0. The predicted octanol–water partition coefficient (Wildman–Crippen LogP) is -1.66. The van der Waals surface area contributed by atoms with Crippen LogP contribution in [0.2, 0.25) is 0 Å². The van der Waals surface area contributed by atoms with Crippen molar-refractivity contribution in [1.29, 1.82) is 0 Å². The van der Waals surface area contributed by atoms with E-state index in [1.54, 1.807) is 0 Å². The van der Waals surface area contributed by atoms with Gasteiger partial charge >= 0.3 is 0 Å². The van der Waals surface area contributed by atoms with Crippen LogP contribution >= 0.6 is 0 Å². The molecule has 0 atom stereocenters. The first-order chi connectivity index (χ1) is 0. The first-order valence-electron chi connectivity index (χ1n) is 0. The monoisotopic (exact) mass is 204 g/mol. The van der Waals surface area contributed by atoms with E-state index in [1.165, 1.54) is 0 Å². The molecule has 0 aromatic rings. The molecular weight excluding hydrogens is 201 g/mol. The molecular formula is H4FeO2TiZn. The molecule has 0 saturated heterocycles. The Hall–Kier alpha value is 1.78. The van der Waals surface area contributed by atoms with Crippen molar-refractivity contribution in [3.05, 3.63) is 0 Å². The minimum atomic E-state index is 0. The summed E-state index contributed by atoms with van der Waals surface area (Å²) in [6, 6.07) is 0. The third kappa shape index (κ3) is 26.1. The predicted molar refractivity (Wildman–Crippen MR) is 7.23 cm³/mol. The van der Waals surface area contributed by atoms with Crippen molar-refractivity contribution >= 4 is 0 Å². The molecule has 0 amide bonds. The van der Waals surface area contributed by atoms with Crippen LogP contribution in [0.4, 0.5) is 0 Å². The molecule has 0 saturated carbocycles. The van der Waals surface area contributed by atoms with Crippen molar-refractivity contribution in [2.24, 2.45) is 0 Å². The van der Waals surface area contributed by atoms with Gasteiger partial charge in [-0.1, -0.05) is 0 Å². The summed E-state index contributed by atoms with van der Waals surface area (Å²) in [4.78, 5) is 0. The van der Waals surface area contributed by atoms with Gasteiger partial charge in [-0.3, -0.25) is 0 Å². The smallest absolute Gasteiger partial charge is 0 e. The molecule has 0 aliphatic carbocycles. The fraction of sp³-hybridized carbons (Fsp3) is 0. The van der Waals surface area contributed by atoms with Crippen LogP contribution in [-0.4, -0.2) is 11.0 Å². The van der Waals surface area contributed by atoms with Crippen LogP contribution in [0.3, 0.4) is 0 Å². The van der Waals surface area contributed by atoms with Gasteiger partial charge in [0.15, 0.2) is 0 Å². The summed E-state index contributed by atoms with van der Waals surface area (Å²) in [6.07, 6.45) is 0. The number of hydrogen-bond acceptors (Lipinski definition) is 0. The van der Waals surface area contributed by atoms with Crippen molar-refractivity contribution in [3.8, 4) is 0 Å². The van der Waals surface area contributed by atoms with Gasteiger partial charge < -0.3 is 11.0 Å². The van der Waals surface area contributed by atoms with Crippen molar-refractivity contribution < 1.29 is 69.2 Å². The minimum absolute atomic E-state index is 0. The van der Waals surface area contributed by atoms with Crippen LogP contribution in [-0.2, 0) is 58.3 Å². The largest absolute Gasteiger partial charge is 0.412 e. The normalized spacial score (nSPS) is 0. The third-order valence-corrected chi connectivity index (χ3v) is 0. The van der Waals surface area contributed by atoms with E-state index in [-0.39, 0.29) is 69.2 Å². The molecule has 0 rings (SSSR count). The topological polar surface area (TPSA) is 63.0 Å². The van der Waals surface area contributed by atoms with Crippen LogP contribution in [0.5, 0.6) is 0 Å². The quantitative estimate of drug-likeness (QED) is 0.425. The Morgan fingerprint density at radius 1 is 0.800 bits per heavy atom. The Bertz CT molecular complexity index is 9.61. The Morgan fingerprint density at radius 2 is 0.800 bits per heavy atom. The molecule has 5 heavy (non-hydrogen) atoms. The van der Waals surface area contributed by atoms with Crippen LogP contribution < -0.4 is 0 Å². The maximum Gasteiger partial charge on any atom is 0 e. The number of hydrogen-bond donors (Lipinski definition) is 0. The minimum Gasteiger partial charge on any atom is -0.412 e. The maximum atomic E-state index is 0. The molecule has 0 fully saturated rings. The van der Waals surface area contributed by atoms with Crippen molar-refractivity contribution in [1.82, 2.24) is 0 Å². The van der Waals surface area contributed by atoms with Gasteiger partial charge in [0, 0.05) is 58.3 Å². The summed E-state index contributed by atoms with van der Waals surface area (Å²) >= 11 is 0. The van der Waals surface area contributed by atoms with Crippen molar-refractivity contribution in [2.45, 2.75) is 0 Å². The Labute approximate surface area is 68.8 Å². The average molecular weight is 205 g/mol. The molecule has 0 heterocycles. The van der Waals surface area contributed by atoms with E-state index in [0.717, 1.165) is 0 Å². The molecule has 0 aliphatic rings. The van der Waals surface area contributed by atoms with Gasteiger partial charge in [-0.2, -0.15) is 0 Å². The molecule has 0 aliphatic heterocycles. The molecule has 0 radical (unpaired) electrons. The van der Waals surface area contributed by atoms with Crippen molar-refractivity contribution in [3.63, 3.8) is 0 Å². The molecule has 30 valence electrons. The standard InChI is InChI=1S/Fe.2H2O.Ti.Zn/h;2*1H2;;. The molecule has 5 heteroatoms. The van der Waals surface area contributed by atoms with E-state index in [4.69, 9.17) is 0 Å². The molecule has 2 nitrogen and oxygen atoms in total. The molecule has 0 unspecified atom stereocenters. The van der Waals surface area contributed by atoms with E-state index in [9.17, 15) is 0 Å². The summed E-state index contributed by atoms with van der Waals surface area (Å²) in [7, 11) is 0. The first kappa shape index (κ1) is 71.6. The van der Waals surface area contributed by atoms with Gasteiger partial charge in [0.25, 0.3) is 0 Å². The van der Waals surface area contributed by atoms with Gasteiger partial charge in [-0.25, -0.2) is 0 Å². The second-order valence-electron chi connectivity index (χ2n) is 0. The van der Waals surface area contributed by atoms with Crippen LogP contribution in [0.1, 0.15) is 0 Å². The Morgan fingerprint density at radius 3 is 0.800 bits per heavy atom. The zero-order chi connectivity index (χ0) is 0. The first-order valence-corrected chi connectivity index (χ1v) is 0. The van der Waals surface area contributed by atoms with Gasteiger partial charge in [0.1, 0.15) is 0 Å². The third-order valence-electron chi connectivity index (χ3n) is 0. The molecule has 0 bridgehead atoms. The summed E-state index contributed by atoms with van der Waals surface area (Å²) in [6.45, 7) is 0. The SMILES string of the molecule is O.O.[Fe].[Ti].[Zn]. The molecule has 4 N–H and O–H groups in total.